The third-order valence-corrected chi connectivity index (χ3v) is 4.42. The molecule has 0 aliphatic carbocycles. The summed E-state index contributed by atoms with van der Waals surface area (Å²) in [5.41, 5.74) is 0.646. The number of fused-ring (bicyclic) bond motifs is 1. The van der Waals surface area contributed by atoms with E-state index in [4.69, 9.17) is 9.47 Å². The van der Waals surface area contributed by atoms with Crippen molar-refractivity contribution >= 4 is 23.5 Å². The number of amides is 2. The molecular weight excluding hydrogens is 324 g/mol. The number of rotatable bonds is 5. The van der Waals surface area contributed by atoms with Crippen LogP contribution in [0.2, 0.25) is 0 Å². The molecule has 0 spiro atoms. The monoisotopic (exact) mass is 346 g/mol. The fraction of sp³-hybridized carbons (Fsp3) is 0.500. The van der Waals surface area contributed by atoms with Gasteiger partial charge < -0.3 is 19.3 Å². The number of likely N-dealkylation sites (tertiary alicyclic amines) is 1. The molecule has 1 unspecified atom stereocenters. The standard InChI is InChI=1S/C18H22N2O5/c1-13(18(23)19-9-4-5-10-19)25-17(22)8-11-20-14-6-2-3-7-15(14)24-12-16(20)21/h2-3,6-7,13H,4-5,8-12H2,1H3. The maximum atomic E-state index is 12.2. The van der Waals surface area contributed by atoms with Crippen molar-refractivity contribution in [1.82, 2.24) is 4.90 Å². The molecule has 1 fully saturated rings. The number of esters is 1. The van der Waals surface area contributed by atoms with Gasteiger partial charge in [-0.3, -0.25) is 14.4 Å². The summed E-state index contributed by atoms with van der Waals surface area (Å²) in [7, 11) is 0. The van der Waals surface area contributed by atoms with E-state index in [1.165, 1.54) is 4.90 Å². The molecule has 0 aromatic heterocycles. The van der Waals surface area contributed by atoms with E-state index in [9.17, 15) is 14.4 Å². The molecule has 1 atom stereocenters. The average molecular weight is 346 g/mol. The molecule has 2 heterocycles. The quantitative estimate of drug-likeness (QED) is 0.753. The smallest absolute Gasteiger partial charge is 0.308 e. The van der Waals surface area contributed by atoms with Crippen LogP contribution >= 0.6 is 0 Å². The highest BCUT2D eigenvalue weighted by molar-refractivity contribution is 5.98. The lowest BCUT2D eigenvalue weighted by Crippen LogP contribution is -2.41. The molecule has 0 saturated carbocycles. The molecule has 1 saturated heterocycles. The van der Waals surface area contributed by atoms with Gasteiger partial charge in [0.1, 0.15) is 5.75 Å². The molecule has 25 heavy (non-hydrogen) atoms. The Kier molecular flexibility index (Phi) is 5.21. The summed E-state index contributed by atoms with van der Waals surface area (Å²) in [5, 5.41) is 0. The molecule has 7 heteroatoms. The van der Waals surface area contributed by atoms with Gasteiger partial charge in [-0.2, -0.15) is 0 Å². The number of para-hydroxylation sites is 2. The van der Waals surface area contributed by atoms with Crippen LogP contribution in [0.5, 0.6) is 5.75 Å². The minimum atomic E-state index is -0.793. The van der Waals surface area contributed by atoms with Crippen molar-refractivity contribution in [3.05, 3.63) is 24.3 Å². The summed E-state index contributed by atoms with van der Waals surface area (Å²) in [4.78, 5) is 39.5. The summed E-state index contributed by atoms with van der Waals surface area (Å²) in [5.74, 6) is -0.226. The summed E-state index contributed by atoms with van der Waals surface area (Å²) in [6, 6.07) is 7.19. The van der Waals surface area contributed by atoms with E-state index in [2.05, 4.69) is 0 Å². The van der Waals surface area contributed by atoms with Gasteiger partial charge in [-0.05, 0) is 31.9 Å². The van der Waals surface area contributed by atoms with E-state index in [-0.39, 0.29) is 31.4 Å². The molecule has 1 aromatic rings. The second-order valence-electron chi connectivity index (χ2n) is 6.22. The van der Waals surface area contributed by atoms with Crippen LogP contribution in [0.4, 0.5) is 5.69 Å². The minimum Gasteiger partial charge on any atom is -0.482 e. The number of hydrogen-bond acceptors (Lipinski definition) is 5. The highest BCUT2D eigenvalue weighted by Crippen LogP contribution is 2.31. The van der Waals surface area contributed by atoms with Crippen LogP contribution in [-0.4, -0.2) is 55.0 Å². The lowest BCUT2D eigenvalue weighted by atomic mass is 10.2. The first kappa shape index (κ1) is 17.3. The normalized spacial score (nSPS) is 17.7. The lowest BCUT2D eigenvalue weighted by molar-refractivity contribution is -0.158. The van der Waals surface area contributed by atoms with Gasteiger partial charge in [0, 0.05) is 19.6 Å². The molecule has 2 aliphatic heterocycles. The Morgan fingerprint density at radius 3 is 2.72 bits per heavy atom. The molecule has 2 aliphatic rings. The van der Waals surface area contributed by atoms with Gasteiger partial charge in [-0.15, -0.1) is 0 Å². The second kappa shape index (κ2) is 7.55. The van der Waals surface area contributed by atoms with Gasteiger partial charge in [0.2, 0.25) is 0 Å². The average Bonchev–Trinajstić information content (AvgIpc) is 3.14. The van der Waals surface area contributed by atoms with Gasteiger partial charge >= 0.3 is 5.97 Å². The molecule has 0 N–H and O–H groups in total. The summed E-state index contributed by atoms with van der Waals surface area (Å²) >= 11 is 0. The summed E-state index contributed by atoms with van der Waals surface area (Å²) in [6.07, 6.45) is 1.21. The molecule has 0 radical (unpaired) electrons. The van der Waals surface area contributed by atoms with E-state index in [1.54, 1.807) is 24.0 Å². The van der Waals surface area contributed by atoms with Crippen molar-refractivity contribution in [2.24, 2.45) is 0 Å². The molecule has 3 rings (SSSR count). The highest BCUT2D eigenvalue weighted by atomic mass is 16.5. The zero-order valence-electron chi connectivity index (χ0n) is 14.3. The molecule has 134 valence electrons. The number of carbonyl (C=O) groups is 3. The Labute approximate surface area is 146 Å². The first-order chi connectivity index (χ1) is 12.1. The molecule has 7 nitrogen and oxygen atoms in total. The van der Waals surface area contributed by atoms with Crippen molar-refractivity contribution in [2.45, 2.75) is 32.3 Å². The third-order valence-electron chi connectivity index (χ3n) is 4.42. The Balaban J connectivity index is 1.53. The maximum absolute atomic E-state index is 12.2. The van der Waals surface area contributed by atoms with Crippen LogP contribution < -0.4 is 9.64 Å². The topological polar surface area (TPSA) is 76.1 Å². The third kappa shape index (κ3) is 3.92. The largest absolute Gasteiger partial charge is 0.482 e. The minimum absolute atomic E-state index is 0.0255. The van der Waals surface area contributed by atoms with E-state index in [1.807, 2.05) is 12.1 Å². The van der Waals surface area contributed by atoms with Gasteiger partial charge in [0.25, 0.3) is 11.8 Å². The predicted octanol–water partition coefficient (Wildman–Crippen LogP) is 1.36. The molecule has 1 aromatic carbocycles. The van der Waals surface area contributed by atoms with Crippen molar-refractivity contribution in [3.8, 4) is 5.75 Å². The number of hydrogen-bond donors (Lipinski definition) is 0. The predicted molar refractivity (Wildman–Crippen MR) is 90.3 cm³/mol. The number of ether oxygens (including phenoxy) is 2. The summed E-state index contributed by atoms with van der Waals surface area (Å²) in [6.45, 7) is 3.19. The number of anilines is 1. The van der Waals surface area contributed by atoms with Crippen LogP contribution in [0, 0.1) is 0 Å². The molecule has 0 bridgehead atoms. The van der Waals surface area contributed by atoms with Crippen LogP contribution in [-0.2, 0) is 19.1 Å². The van der Waals surface area contributed by atoms with E-state index in [0.29, 0.717) is 11.4 Å². The van der Waals surface area contributed by atoms with Crippen LogP contribution in [0.15, 0.2) is 24.3 Å². The Morgan fingerprint density at radius 1 is 1.24 bits per heavy atom. The Morgan fingerprint density at radius 2 is 1.96 bits per heavy atom. The first-order valence-electron chi connectivity index (χ1n) is 8.56. The second-order valence-corrected chi connectivity index (χ2v) is 6.22. The van der Waals surface area contributed by atoms with E-state index >= 15 is 0 Å². The highest BCUT2D eigenvalue weighted by Gasteiger charge is 2.28. The van der Waals surface area contributed by atoms with Gasteiger partial charge in [0.05, 0.1) is 12.1 Å². The van der Waals surface area contributed by atoms with Crippen LogP contribution in [0.3, 0.4) is 0 Å². The van der Waals surface area contributed by atoms with Crippen LogP contribution in [0.1, 0.15) is 26.2 Å². The Bertz CT molecular complexity index is 669. The zero-order valence-corrected chi connectivity index (χ0v) is 14.3. The van der Waals surface area contributed by atoms with Gasteiger partial charge in [0.15, 0.2) is 12.7 Å². The van der Waals surface area contributed by atoms with Crippen molar-refractivity contribution < 1.29 is 23.9 Å². The van der Waals surface area contributed by atoms with Crippen molar-refractivity contribution in [1.29, 1.82) is 0 Å². The van der Waals surface area contributed by atoms with E-state index in [0.717, 1.165) is 25.9 Å². The van der Waals surface area contributed by atoms with Crippen molar-refractivity contribution in [3.63, 3.8) is 0 Å². The number of nitrogens with zero attached hydrogens (tertiary/aromatic N) is 2. The molecule has 2 amide bonds. The number of benzene rings is 1. The fourth-order valence-electron chi connectivity index (χ4n) is 3.10. The van der Waals surface area contributed by atoms with Crippen molar-refractivity contribution in [2.75, 3.05) is 31.1 Å². The molecular formula is C18H22N2O5. The van der Waals surface area contributed by atoms with Crippen LogP contribution in [0.25, 0.3) is 0 Å². The van der Waals surface area contributed by atoms with E-state index < -0.39 is 12.1 Å². The lowest BCUT2D eigenvalue weighted by Gasteiger charge is -2.29. The fourth-order valence-corrected chi connectivity index (χ4v) is 3.10. The maximum Gasteiger partial charge on any atom is 0.308 e. The zero-order chi connectivity index (χ0) is 17.8. The Hall–Kier alpha value is -2.57. The SMILES string of the molecule is CC(OC(=O)CCN1C(=O)COc2ccccc21)C(=O)N1CCCC1. The summed E-state index contributed by atoms with van der Waals surface area (Å²) < 4.78 is 10.6. The van der Waals surface area contributed by atoms with Gasteiger partial charge in [-0.1, -0.05) is 12.1 Å². The number of carbonyl (C=O) groups excluding carboxylic acids is 3. The van der Waals surface area contributed by atoms with Gasteiger partial charge in [-0.25, -0.2) is 0 Å². The first-order valence-corrected chi connectivity index (χ1v) is 8.56.